The molecule has 0 saturated carbocycles. The Hall–Kier alpha value is 0. The van der Waals surface area contributed by atoms with Crippen molar-refractivity contribution in [2.24, 2.45) is 17.8 Å². The van der Waals surface area contributed by atoms with Crippen LogP contribution in [0.3, 0.4) is 0 Å². The lowest BCUT2D eigenvalue weighted by atomic mass is 9.77. The molecule has 0 N–H and O–H groups in total. The van der Waals surface area contributed by atoms with E-state index in [1.165, 1.54) is 96.3 Å². The van der Waals surface area contributed by atoms with Crippen LogP contribution in [0.4, 0.5) is 0 Å². The Bertz CT molecular complexity index is 220. The van der Waals surface area contributed by atoms with E-state index < -0.39 is 0 Å². The fourth-order valence-electron chi connectivity index (χ4n) is 4.39. The molecule has 0 aliphatic carbocycles. The van der Waals surface area contributed by atoms with Gasteiger partial charge in [-0.15, -0.1) is 0 Å². The summed E-state index contributed by atoms with van der Waals surface area (Å²) in [7, 11) is 0. The third-order valence-corrected chi connectivity index (χ3v) is 5.88. The van der Waals surface area contributed by atoms with Gasteiger partial charge in [-0.2, -0.15) is 0 Å². The summed E-state index contributed by atoms with van der Waals surface area (Å²) in [5.41, 5.74) is 0. The maximum Gasteiger partial charge on any atom is -0.0386 e. The van der Waals surface area contributed by atoms with Gasteiger partial charge in [0.2, 0.25) is 0 Å². The third kappa shape index (κ3) is 12.1. The Kier molecular flexibility index (Phi) is 16.8. The molecule has 0 heteroatoms. The highest BCUT2D eigenvalue weighted by molar-refractivity contribution is 4.72. The van der Waals surface area contributed by atoms with Gasteiger partial charge >= 0.3 is 0 Å². The predicted molar refractivity (Wildman–Crippen MR) is 108 cm³/mol. The fraction of sp³-hybridized carbons (Fsp3) is 1.00. The van der Waals surface area contributed by atoms with Gasteiger partial charge in [-0.25, -0.2) is 0 Å². The van der Waals surface area contributed by atoms with Crippen LogP contribution in [0, 0.1) is 17.8 Å². The standard InChI is InChI=1S/C23H48/c1-6-11-12-13-14-18-22(16-8-3)23(17-9-4)20-19-21(10-5)15-7-2/h21-23H,6-20H2,1-5H3. The zero-order valence-corrected chi connectivity index (χ0v) is 17.3. The summed E-state index contributed by atoms with van der Waals surface area (Å²) in [6, 6.07) is 0. The summed E-state index contributed by atoms with van der Waals surface area (Å²) in [5.74, 6) is 3.02. The highest BCUT2D eigenvalue weighted by Crippen LogP contribution is 2.33. The average molecular weight is 325 g/mol. The Morgan fingerprint density at radius 3 is 1.52 bits per heavy atom. The first-order chi connectivity index (χ1) is 11.2. The lowest BCUT2D eigenvalue weighted by Gasteiger charge is -2.28. The fourth-order valence-corrected chi connectivity index (χ4v) is 4.39. The van der Waals surface area contributed by atoms with Crippen LogP contribution < -0.4 is 0 Å². The van der Waals surface area contributed by atoms with E-state index in [9.17, 15) is 0 Å². The zero-order chi connectivity index (χ0) is 17.3. The first kappa shape index (κ1) is 23.0. The van der Waals surface area contributed by atoms with Gasteiger partial charge in [0.1, 0.15) is 0 Å². The molecule has 0 bridgehead atoms. The van der Waals surface area contributed by atoms with Crippen LogP contribution in [0.15, 0.2) is 0 Å². The molecule has 0 fully saturated rings. The van der Waals surface area contributed by atoms with Gasteiger partial charge in [0.15, 0.2) is 0 Å². The van der Waals surface area contributed by atoms with Crippen molar-refractivity contribution >= 4 is 0 Å². The summed E-state index contributed by atoms with van der Waals surface area (Å²) >= 11 is 0. The molecular formula is C23H48. The van der Waals surface area contributed by atoms with Gasteiger partial charge in [-0.3, -0.25) is 0 Å². The SMILES string of the molecule is CCCCCCCC(CCC)C(CCC)CCC(CC)CCC. The summed E-state index contributed by atoms with van der Waals surface area (Å²) < 4.78 is 0. The van der Waals surface area contributed by atoms with Gasteiger partial charge in [-0.1, -0.05) is 125 Å². The molecule has 0 saturated heterocycles. The molecule has 0 aromatic rings. The van der Waals surface area contributed by atoms with Crippen LogP contribution in [0.25, 0.3) is 0 Å². The molecule has 3 unspecified atom stereocenters. The van der Waals surface area contributed by atoms with Crippen molar-refractivity contribution in [3.05, 3.63) is 0 Å². The number of rotatable bonds is 17. The Morgan fingerprint density at radius 1 is 0.435 bits per heavy atom. The summed E-state index contributed by atoms with van der Waals surface area (Å²) in [6.07, 6.45) is 21.6. The minimum Gasteiger partial charge on any atom is -0.0654 e. The highest BCUT2D eigenvalue weighted by atomic mass is 14.3. The van der Waals surface area contributed by atoms with Crippen molar-refractivity contribution in [2.75, 3.05) is 0 Å². The molecule has 0 aromatic heterocycles. The van der Waals surface area contributed by atoms with Gasteiger partial charge in [-0.05, 0) is 24.2 Å². The molecule has 0 amide bonds. The third-order valence-electron chi connectivity index (χ3n) is 5.88. The van der Waals surface area contributed by atoms with Crippen LogP contribution in [0.5, 0.6) is 0 Å². The highest BCUT2D eigenvalue weighted by Gasteiger charge is 2.21. The van der Waals surface area contributed by atoms with E-state index in [2.05, 4.69) is 34.6 Å². The molecule has 0 aliphatic heterocycles. The second-order valence-corrected chi connectivity index (χ2v) is 7.94. The molecule has 140 valence electrons. The second kappa shape index (κ2) is 16.8. The van der Waals surface area contributed by atoms with Crippen LogP contribution in [-0.2, 0) is 0 Å². The van der Waals surface area contributed by atoms with E-state index in [-0.39, 0.29) is 0 Å². The normalized spacial score (nSPS) is 15.5. The van der Waals surface area contributed by atoms with Crippen molar-refractivity contribution in [3.8, 4) is 0 Å². The van der Waals surface area contributed by atoms with Crippen LogP contribution in [0.2, 0.25) is 0 Å². The topological polar surface area (TPSA) is 0 Å². The Balaban J connectivity index is 4.36. The largest absolute Gasteiger partial charge is 0.0654 e. The molecule has 3 atom stereocenters. The van der Waals surface area contributed by atoms with E-state index in [0.29, 0.717) is 0 Å². The number of unbranched alkanes of at least 4 members (excludes halogenated alkanes) is 4. The lowest BCUT2D eigenvalue weighted by Crippen LogP contribution is -2.17. The number of hydrogen-bond donors (Lipinski definition) is 0. The maximum atomic E-state index is 2.40. The van der Waals surface area contributed by atoms with Gasteiger partial charge in [0.25, 0.3) is 0 Å². The monoisotopic (exact) mass is 324 g/mol. The van der Waals surface area contributed by atoms with E-state index in [1.807, 2.05) is 0 Å². The van der Waals surface area contributed by atoms with Gasteiger partial charge in [0, 0.05) is 0 Å². The predicted octanol–water partition coefficient (Wildman–Crippen LogP) is 8.79. The summed E-state index contributed by atoms with van der Waals surface area (Å²) in [5, 5.41) is 0. The van der Waals surface area contributed by atoms with E-state index >= 15 is 0 Å². The number of hydrogen-bond acceptors (Lipinski definition) is 0. The van der Waals surface area contributed by atoms with E-state index in [4.69, 9.17) is 0 Å². The molecule has 0 rings (SSSR count). The summed E-state index contributed by atoms with van der Waals surface area (Å²) in [6.45, 7) is 11.8. The average Bonchev–Trinajstić information content (AvgIpc) is 2.56. The van der Waals surface area contributed by atoms with Crippen LogP contribution in [0.1, 0.15) is 131 Å². The summed E-state index contributed by atoms with van der Waals surface area (Å²) in [4.78, 5) is 0. The van der Waals surface area contributed by atoms with Crippen LogP contribution >= 0.6 is 0 Å². The molecule has 0 aliphatic rings. The molecule has 0 radical (unpaired) electrons. The van der Waals surface area contributed by atoms with Crippen LogP contribution in [-0.4, -0.2) is 0 Å². The first-order valence-corrected chi connectivity index (χ1v) is 11.2. The minimum absolute atomic E-state index is 0.992. The van der Waals surface area contributed by atoms with Gasteiger partial charge < -0.3 is 0 Å². The smallest absolute Gasteiger partial charge is 0.0386 e. The molecule has 0 heterocycles. The quantitative estimate of drug-likeness (QED) is 0.234. The minimum atomic E-state index is 0.992. The van der Waals surface area contributed by atoms with Gasteiger partial charge in [0.05, 0.1) is 0 Å². The molecule has 0 spiro atoms. The zero-order valence-electron chi connectivity index (χ0n) is 17.3. The molecule has 23 heavy (non-hydrogen) atoms. The van der Waals surface area contributed by atoms with E-state index in [1.54, 1.807) is 0 Å². The molecular weight excluding hydrogens is 276 g/mol. The van der Waals surface area contributed by atoms with Crippen molar-refractivity contribution in [2.45, 2.75) is 131 Å². The maximum absolute atomic E-state index is 2.40. The molecule has 0 aromatic carbocycles. The lowest BCUT2D eigenvalue weighted by molar-refractivity contribution is 0.231. The Morgan fingerprint density at radius 2 is 1.00 bits per heavy atom. The van der Waals surface area contributed by atoms with E-state index in [0.717, 1.165) is 17.8 Å². The van der Waals surface area contributed by atoms with Crippen molar-refractivity contribution in [1.82, 2.24) is 0 Å². The first-order valence-electron chi connectivity index (χ1n) is 11.2. The molecule has 0 nitrogen and oxygen atoms in total. The second-order valence-electron chi connectivity index (χ2n) is 7.94. The van der Waals surface area contributed by atoms with Crippen molar-refractivity contribution in [3.63, 3.8) is 0 Å². The van der Waals surface area contributed by atoms with Crippen molar-refractivity contribution < 1.29 is 0 Å². The Labute approximate surface area is 149 Å². The van der Waals surface area contributed by atoms with Crippen molar-refractivity contribution in [1.29, 1.82) is 0 Å².